The van der Waals surface area contributed by atoms with Crippen LogP contribution in [0.4, 0.5) is 0 Å². The van der Waals surface area contributed by atoms with Gasteiger partial charge in [0.2, 0.25) is 0 Å². The maximum absolute atomic E-state index is 11.9. The Kier molecular flexibility index (Phi) is 5.20. The van der Waals surface area contributed by atoms with Crippen molar-refractivity contribution in [3.63, 3.8) is 0 Å². The maximum atomic E-state index is 11.9. The first kappa shape index (κ1) is 14.9. The number of aromatic nitrogens is 2. The number of hydrogen-bond donors (Lipinski definition) is 2. The lowest BCUT2D eigenvalue weighted by Gasteiger charge is -2.08. The molecule has 6 heteroatoms. The molecule has 0 bridgehead atoms. The lowest BCUT2D eigenvalue weighted by molar-refractivity contribution is 0.0950. The molecule has 0 radical (unpaired) electrons. The number of hydrogen-bond acceptors (Lipinski definition) is 4. The van der Waals surface area contributed by atoms with Gasteiger partial charge in [0, 0.05) is 31.5 Å². The number of amides is 1. The molecule has 6 nitrogen and oxygen atoms in total. The first-order chi connectivity index (χ1) is 10.2. The van der Waals surface area contributed by atoms with Crippen LogP contribution in [-0.4, -0.2) is 34.2 Å². The number of nitrogens with zero attached hydrogens (tertiary/aromatic N) is 2. The third kappa shape index (κ3) is 4.24. The zero-order valence-corrected chi connectivity index (χ0v) is 12.0. The zero-order valence-electron chi connectivity index (χ0n) is 12.0. The highest BCUT2D eigenvalue weighted by Gasteiger charge is 2.11. The summed E-state index contributed by atoms with van der Waals surface area (Å²) in [4.78, 5) is 15.9. The Bertz CT molecular complexity index is 582. The van der Waals surface area contributed by atoms with E-state index in [0.717, 1.165) is 19.4 Å². The number of rotatable bonds is 7. The monoisotopic (exact) mass is 289 g/mol. The van der Waals surface area contributed by atoms with E-state index in [1.165, 1.54) is 13.2 Å². The summed E-state index contributed by atoms with van der Waals surface area (Å²) in [6.07, 6.45) is 7.24. The predicted molar refractivity (Wildman–Crippen MR) is 78.5 cm³/mol. The van der Waals surface area contributed by atoms with E-state index in [-0.39, 0.29) is 17.2 Å². The Balaban J connectivity index is 1.74. The smallest absolute Gasteiger partial charge is 0.255 e. The minimum Gasteiger partial charge on any atom is -0.507 e. The van der Waals surface area contributed by atoms with Crippen molar-refractivity contribution in [2.24, 2.45) is 0 Å². The second-order valence-corrected chi connectivity index (χ2v) is 4.65. The van der Waals surface area contributed by atoms with Gasteiger partial charge < -0.3 is 19.7 Å². The molecule has 0 aliphatic rings. The van der Waals surface area contributed by atoms with Crippen molar-refractivity contribution in [3.05, 3.63) is 42.5 Å². The molecule has 1 heterocycles. The fraction of sp³-hybridized carbons (Fsp3) is 0.333. The van der Waals surface area contributed by atoms with Crippen molar-refractivity contribution in [1.29, 1.82) is 0 Å². The van der Waals surface area contributed by atoms with Crippen molar-refractivity contribution in [2.75, 3.05) is 13.7 Å². The van der Waals surface area contributed by atoms with E-state index in [9.17, 15) is 9.90 Å². The number of aryl methyl sites for hydroxylation is 1. The fourth-order valence-electron chi connectivity index (χ4n) is 1.97. The largest absolute Gasteiger partial charge is 0.507 e. The van der Waals surface area contributed by atoms with Crippen molar-refractivity contribution in [1.82, 2.24) is 14.9 Å². The first-order valence-electron chi connectivity index (χ1n) is 6.81. The third-order valence-electron chi connectivity index (χ3n) is 3.14. The lowest BCUT2D eigenvalue weighted by atomic mass is 10.1. The van der Waals surface area contributed by atoms with Crippen LogP contribution in [0.15, 0.2) is 36.9 Å². The molecule has 0 saturated carbocycles. The Hall–Kier alpha value is -2.50. The Labute approximate surface area is 123 Å². The van der Waals surface area contributed by atoms with Crippen LogP contribution in [0.5, 0.6) is 11.5 Å². The summed E-state index contributed by atoms with van der Waals surface area (Å²) in [6, 6.07) is 4.62. The number of phenols is 1. The van der Waals surface area contributed by atoms with Crippen LogP contribution in [0.3, 0.4) is 0 Å². The predicted octanol–water partition coefficient (Wildman–Crippen LogP) is 1.81. The molecule has 1 aromatic carbocycles. The van der Waals surface area contributed by atoms with Gasteiger partial charge in [0.25, 0.3) is 5.91 Å². The van der Waals surface area contributed by atoms with Crippen molar-refractivity contribution in [2.45, 2.75) is 19.4 Å². The number of imidazole rings is 1. The Morgan fingerprint density at radius 1 is 1.43 bits per heavy atom. The fourth-order valence-corrected chi connectivity index (χ4v) is 1.97. The number of ether oxygens (including phenoxy) is 1. The normalized spacial score (nSPS) is 10.3. The number of carbonyl (C=O) groups excluding carboxylic acids is 1. The van der Waals surface area contributed by atoms with Crippen LogP contribution in [-0.2, 0) is 6.54 Å². The van der Waals surface area contributed by atoms with Crippen LogP contribution < -0.4 is 10.1 Å². The third-order valence-corrected chi connectivity index (χ3v) is 3.14. The zero-order chi connectivity index (χ0) is 15.1. The molecular weight excluding hydrogens is 270 g/mol. The lowest BCUT2D eigenvalue weighted by Crippen LogP contribution is -2.24. The molecule has 2 aromatic rings. The van der Waals surface area contributed by atoms with Crippen molar-refractivity contribution >= 4 is 5.91 Å². The molecule has 0 saturated heterocycles. The summed E-state index contributed by atoms with van der Waals surface area (Å²) in [6.45, 7) is 1.45. The van der Waals surface area contributed by atoms with Gasteiger partial charge in [-0.05, 0) is 25.0 Å². The molecule has 21 heavy (non-hydrogen) atoms. The molecule has 2 N–H and O–H groups in total. The van der Waals surface area contributed by atoms with Gasteiger partial charge in [0.15, 0.2) is 0 Å². The molecule has 2 rings (SSSR count). The van der Waals surface area contributed by atoms with Crippen LogP contribution in [0, 0.1) is 0 Å². The number of methoxy groups -OCH3 is 1. The van der Waals surface area contributed by atoms with E-state index in [1.807, 2.05) is 10.8 Å². The summed E-state index contributed by atoms with van der Waals surface area (Å²) < 4.78 is 6.98. The van der Waals surface area contributed by atoms with Gasteiger partial charge in [-0.15, -0.1) is 0 Å². The van der Waals surface area contributed by atoms with Gasteiger partial charge in [0.1, 0.15) is 11.5 Å². The summed E-state index contributed by atoms with van der Waals surface area (Å²) in [5.41, 5.74) is 0.255. The van der Waals surface area contributed by atoms with Gasteiger partial charge in [-0.2, -0.15) is 0 Å². The molecule has 0 unspecified atom stereocenters. The number of unbranched alkanes of at least 4 members (excludes halogenated alkanes) is 1. The summed E-state index contributed by atoms with van der Waals surface area (Å²) in [5.74, 6) is 0.160. The van der Waals surface area contributed by atoms with E-state index in [4.69, 9.17) is 4.74 Å². The maximum Gasteiger partial charge on any atom is 0.255 e. The second-order valence-electron chi connectivity index (χ2n) is 4.65. The van der Waals surface area contributed by atoms with E-state index in [0.29, 0.717) is 12.3 Å². The van der Waals surface area contributed by atoms with Crippen LogP contribution >= 0.6 is 0 Å². The topological polar surface area (TPSA) is 76.4 Å². The number of nitrogens with one attached hydrogen (secondary N) is 1. The van der Waals surface area contributed by atoms with E-state index in [1.54, 1.807) is 24.7 Å². The highest BCUT2D eigenvalue weighted by molar-refractivity contribution is 5.96. The SMILES string of the molecule is COc1ccc(C(=O)NCCCCn2ccnc2)c(O)c1. The van der Waals surface area contributed by atoms with Gasteiger partial charge in [-0.25, -0.2) is 4.98 Å². The molecule has 0 atom stereocenters. The quantitative estimate of drug-likeness (QED) is 0.762. The first-order valence-corrected chi connectivity index (χ1v) is 6.81. The highest BCUT2D eigenvalue weighted by atomic mass is 16.5. The van der Waals surface area contributed by atoms with Gasteiger partial charge >= 0.3 is 0 Å². The molecule has 1 aromatic heterocycles. The minimum atomic E-state index is -0.280. The molecule has 0 fully saturated rings. The van der Waals surface area contributed by atoms with Crippen LogP contribution in [0.25, 0.3) is 0 Å². The second kappa shape index (κ2) is 7.33. The minimum absolute atomic E-state index is 0.0785. The van der Waals surface area contributed by atoms with E-state index >= 15 is 0 Å². The van der Waals surface area contributed by atoms with Gasteiger partial charge in [0.05, 0.1) is 19.0 Å². The van der Waals surface area contributed by atoms with Gasteiger partial charge in [-0.3, -0.25) is 4.79 Å². The number of carbonyl (C=O) groups is 1. The van der Waals surface area contributed by atoms with Crippen molar-refractivity contribution in [3.8, 4) is 11.5 Å². The van der Waals surface area contributed by atoms with Crippen LogP contribution in [0.1, 0.15) is 23.2 Å². The number of aromatic hydroxyl groups is 1. The summed E-state index contributed by atoms with van der Waals surface area (Å²) in [5, 5.41) is 12.6. The molecular formula is C15H19N3O3. The molecule has 0 spiro atoms. The standard InChI is InChI=1S/C15H19N3O3/c1-21-12-4-5-13(14(19)10-12)15(20)17-6-2-3-8-18-9-7-16-11-18/h4-5,7,9-11,19H,2-3,6,8H2,1H3,(H,17,20). The number of phenolic OH excluding ortho intramolecular Hbond substituents is 1. The molecule has 112 valence electrons. The highest BCUT2D eigenvalue weighted by Crippen LogP contribution is 2.23. The van der Waals surface area contributed by atoms with E-state index < -0.39 is 0 Å². The number of benzene rings is 1. The van der Waals surface area contributed by atoms with Crippen LogP contribution in [0.2, 0.25) is 0 Å². The summed E-state index contributed by atoms with van der Waals surface area (Å²) in [7, 11) is 1.51. The average Bonchev–Trinajstić information content (AvgIpc) is 2.99. The Morgan fingerprint density at radius 3 is 2.95 bits per heavy atom. The van der Waals surface area contributed by atoms with Gasteiger partial charge in [-0.1, -0.05) is 0 Å². The summed E-state index contributed by atoms with van der Waals surface area (Å²) >= 11 is 0. The van der Waals surface area contributed by atoms with Crippen molar-refractivity contribution < 1.29 is 14.6 Å². The van der Waals surface area contributed by atoms with E-state index in [2.05, 4.69) is 10.3 Å². The average molecular weight is 289 g/mol. The molecule has 0 aliphatic heterocycles. The molecule has 1 amide bonds. The molecule has 0 aliphatic carbocycles. The Morgan fingerprint density at radius 2 is 2.29 bits per heavy atom.